The minimum atomic E-state index is -4.81. The molecule has 192 valence electrons. The highest BCUT2D eigenvalue weighted by Crippen LogP contribution is 2.36. The number of nitrogens with zero attached hydrogens (tertiary/aromatic N) is 2. The molecule has 2 aromatic carbocycles. The maximum atomic E-state index is 13.5. The van der Waals surface area contributed by atoms with E-state index in [2.05, 4.69) is 4.74 Å². The minimum Gasteiger partial charge on any atom is -0.493 e. The zero-order valence-corrected chi connectivity index (χ0v) is 20.9. The number of hydrogen-bond donors (Lipinski definition) is 0. The lowest BCUT2D eigenvalue weighted by Gasteiger charge is -2.13. The first kappa shape index (κ1) is 24.9. The third-order valence-electron chi connectivity index (χ3n) is 5.86. The van der Waals surface area contributed by atoms with Crippen molar-refractivity contribution in [2.24, 2.45) is 5.92 Å². The fourth-order valence-electron chi connectivity index (χ4n) is 3.92. The summed E-state index contributed by atoms with van der Waals surface area (Å²) in [6.45, 7) is 2.47. The summed E-state index contributed by atoms with van der Waals surface area (Å²) in [6, 6.07) is 10.7. The van der Waals surface area contributed by atoms with Crippen molar-refractivity contribution in [1.82, 2.24) is 9.38 Å². The SMILES string of the molecule is COc1cccc(/C=C/c2nc3sc(C)cn3c(=O)c2-c2ccc(OC(F)(F)F)cc2)c1OCC1CC1. The van der Waals surface area contributed by atoms with Gasteiger partial charge in [-0.3, -0.25) is 9.20 Å². The van der Waals surface area contributed by atoms with Crippen molar-refractivity contribution < 1.29 is 27.4 Å². The Hall–Kier alpha value is -3.79. The molecule has 4 aromatic rings. The van der Waals surface area contributed by atoms with E-state index in [1.807, 2.05) is 25.1 Å². The number of para-hydroxylation sites is 1. The lowest BCUT2D eigenvalue weighted by atomic mass is 10.0. The summed E-state index contributed by atoms with van der Waals surface area (Å²) in [7, 11) is 1.58. The van der Waals surface area contributed by atoms with Gasteiger partial charge in [0.1, 0.15) is 5.75 Å². The van der Waals surface area contributed by atoms with E-state index >= 15 is 0 Å². The maximum Gasteiger partial charge on any atom is 0.573 e. The van der Waals surface area contributed by atoms with Gasteiger partial charge in [-0.2, -0.15) is 0 Å². The van der Waals surface area contributed by atoms with Gasteiger partial charge in [-0.15, -0.1) is 24.5 Å². The van der Waals surface area contributed by atoms with Crippen molar-refractivity contribution in [2.75, 3.05) is 13.7 Å². The smallest absolute Gasteiger partial charge is 0.493 e. The molecule has 0 saturated heterocycles. The third-order valence-corrected chi connectivity index (χ3v) is 6.76. The molecule has 0 unspecified atom stereocenters. The van der Waals surface area contributed by atoms with Crippen LogP contribution in [0.15, 0.2) is 53.5 Å². The molecule has 0 aliphatic heterocycles. The Kier molecular flexibility index (Phi) is 6.68. The molecule has 2 heterocycles. The highest BCUT2D eigenvalue weighted by atomic mass is 32.1. The van der Waals surface area contributed by atoms with E-state index < -0.39 is 6.36 Å². The lowest BCUT2D eigenvalue weighted by molar-refractivity contribution is -0.274. The topological polar surface area (TPSA) is 62.1 Å². The molecule has 0 N–H and O–H groups in total. The van der Waals surface area contributed by atoms with E-state index in [0.29, 0.717) is 40.2 Å². The highest BCUT2D eigenvalue weighted by molar-refractivity contribution is 7.16. The number of benzene rings is 2. The van der Waals surface area contributed by atoms with E-state index in [1.165, 1.54) is 40.0 Å². The molecule has 37 heavy (non-hydrogen) atoms. The Balaban J connectivity index is 1.58. The molecule has 0 atom stereocenters. The number of rotatable bonds is 8. The van der Waals surface area contributed by atoms with Gasteiger partial charge >= 0.3 is 6.36 Å². The quantitative estimate of drug-likeness (QED) is 0.258. The molecule has 0 spiro atoms. The van der Waals surface area contributed by atoms with Gasteiger partial charge in [0.2, 0.25) is 0 Å². The maximum absolute atomic E-state index is 13.5. The predicted molar refractivity (Wildman–Crippen MR) is 136 cm³/mol. The molecule has 2 aromatic heterocycles. The summed E-state index contributed by atoms with van der Waals surface area (Å²) in [5, 5.41) is 0. The molecule has 10 heteroatoms. The van der Waals surface area contributed by atoms with Gasteiger partial charge in [0.05, 0.1) is 25.0 Å². The molecule has 1 aliphatic rings. The summed E-state index contributed by atoms with van der Waals surface area (Å²) in [4.78, 5) is 19.6. The van der Waals surface area contributed by atoms with Crippen molar-refractivity contribution in [2.45, 2.75) is 26.1 Å². The molecule has 0 radical (unpaired) electrons. The first-order chi connectivity index (χ1) is 17.7. The van der Waals surface area contributed by atoms with Crippen molar-refractivity contribution >= 4 is 28.4 Å². The van der Waals surface area contributed by atoms with Crippen LogP contribution in [0.5, 0.6) is 17.2 Å². The van der Waals surface area contributed by atoms with E-state index in [1.54, 1.807) is 25.5 Å². The van der Waals surface area contributed by atoms with E-state index in [0.717, 1.165) is 23.3 Å². The highest BCUT2D eigenvalue weighted by Gasteiger charge is 2.31. The third kappa shape index (κ3) is 5.64. The molecule has 1 fully saturated rings. The zero-order valence-electron chi connectivity index (χ0n) is 20.0. The van der Waals surface area contributed by atoms with E-state index in [9.17, 15) is 18.0 Å². The van der Waals surface area contributed by atoms with Gasteiger partial charge < -0.3 is 14.2 Å². The second-order valence-corrected chi connectivity index (χ2v) is 9.92. The van der Waals surface area contributed by atoms with Gasteiger partial charge in [0.15, 0.2) is 16.5 Å². The summed E-state index contributed by atoms with van der Waals surface area (Å²) in [6.07, 6.45) is 2.69. The van der Waals surface area contributed by atoms with Crippen LogP contribution in [-0.2, 0) is 0 Å². The number of halogens is 3. The number of aromatic nitrogens is 2. The van der Waals surface area contributed by atoms with Crippen molar-refractivity contribution in [1.29, 1.82) is 0 Å². The van der Waals surface area contributed by atoms with Crippen LogP contribution in [-0.4, -0.2) is 29.5 Å². The standard InChI is InChI=1S/C27H23F3N2O4S/c1-16-14-32-25(33)23(18-8-11-20(12-9-18)36-27(28,29)30)21(31-26(32)37-16)13-10-19-4-3-5-22(34-2)24(19)35-15-17-6-7-17/h3-5,8-14,17H,6-7,15H2,1-2H3/b13-10+. The summed E-state index contributed by atoms with van der Waals surface area (Å²) in [5.74, 6) is 1.38. The van der Waals surface area contributed by atoms with Crippen molar-refractivity contribution in [3.05, 3.63) is 75.1 Å². The fourth-order valence-corrected chi connectivity index (χ4v) is 4.74. The Morgan fingerprint density at radius 3 is 2.57 bits per heavy atom. The molecular weight excluding hydrogens is 505 g/mol. The number of hydrogen-bond acceptors (Lipinski definition) is 6. The summed E-state index contributed by atoms with van der Waals surface area (Å²) < 4.78 is 54.8. The van der Waals surface area contributed by atoms with Gasteiger partial charge in [-0.05, 0) is 61.6 Å². The largest absolute Gasteiger partial charge is 0.573 e. The van der Waals surface area contributed by atoms with Gasteiger partial charge in [0, 0.05) is 16.6 Å². The second-order valence-electron chi connectivity index (χ2n) is 8.71. The Bertz CT molecular complexity index is 1520. The van der Waals surface area contributed by atoms with Gasteiger partial charge in [-0.25, -0.2) is 4.98 Å². The van der Waals surface area contributed by atoms with Gasteiger partial charge in [-0.1, -0.05) is 24.3 Å². The van der Waals surface area contributed by atoms with E-state index in [-0.39, 0.29) is 16.9 Å². The first-order valence-corrected chi connectivity index (χ1v) is 12.4. The average molecular weight is 529 g/mol. The number of thiazole rings is 1. The lowest BCUT2D eigenvalue weighted by Crippen LogP contribution is -2.18. The zero-order chi connectivity index (χ0) is 26.2. The fraction of sp³-hybridized carbons (Fsp3) is 0.259. The second kappa shape index (κ2) is 9.93. The molecular formula is C27H23F3N2O4S. The summed E-state index contributed by atoms with van der Waals surface area (Å²) >= 11 is 1.37. The molecule has 1 saturated carbocycles. The van der Waals surface area contributed by atoms with Crippen molar-refractivity contribution in [3.63, 3.8) is 0 Å². The molecule has 0 amide bonds. The predicted octanol–water partition coefficient (Wildman–Crippen LogP) is 6.60. The van der Waals surface area contributed by atoms with Crippen LogP contribution in [0, 0.1) is 12.8 Å². The number of alkyl halides is 3. The van der Waals surface area contributed by atoms with Crippen LogP contribution >= 0.6 is 11.3 Å². The van der Waals surface area contributed by atoms with Crippen LogP contribution in [0.1, 0.15) is 29.0 Å². The van der Waals surface area contributed by atoms with E-state index in [4.69, 9.17) is 14.5 Å². The number of ether oxygens (including phenoxy) is 3. The Morgan fingerprint density at radius 2 is 1.89 bits per heavy atom. The van der Waals surface area contributed by atoms with Crippen LogP contribution in [0.2, 0.25) is 0 Å². The molecule has 1 aliphatic carbocycles. The van der Waals surface area contributed by atoms with Crippen LogP contribution in [0.4, 0.5) is 13.2 Å². The number of fused-ring (bicyclic) bond motifs is 1. The average Bonchev–Trinajstić information content (AvgIpc) is 3.60. The molecule has 5 rings (SSSR count). The minimum absolute atomic E-state index is 0.258. The normalized spacial score (nSPS) is 13.9. The Labute approximate surface area is 214 Å². The van der Waals surface area contributed by atoms with Crippen LogP contribution < -0.4 is 19.8 Å². The monoisotopic (exact) mass is 528 g/mol. The van der Waals surface area contributed by atoms with Gasteiger partial charge in [0.25, 0.3) is 5.56 Å². The van der Waals surface area contributed by atoms with Crippen molar-refractivity contribution in [3.8, 4) is 28.4 Å². The van der Waals surface area contributed by atoms with Crippen LogP contribution in [0.3, 0.4) is 0 Å². The molecule has 0 bridgehead atoms. The molecule has 6 nitrogen and oxygen atoms in total. The van der Waals surface area contributed by atoms with Crippen LogP contribution in [0.25, 0.3) is 28.2 Å². The number of methoxy groups -OCH3 is 1. The number of aryl methyl sites for hydroxylation is 1. The first-order valence-electron chi connectivity index (χ1n) is 11.6. The summed E-state index contributed by atoms with van der Waals surface area (Å²) in [5.41, 5.74) is 1.49. The Morgan fingerprint density at radius 1 is 1.14 bits per heavy atom.